The minimum atomic E-state index is -0.0964. The van der Waals surface area contributed by atoms with Crippen LogP contribution in [-0.4, -0.2) is 51.9 Å². The summed E-state index contributed by atoms with van der Waals surface area (Å²) < 4.78 is 1.89. The zero-order valence-electron chi connectivity index (χ0n) is 15.5. The van der Waals surface area contributed by atoms with Crippen molar-refractivity contribution in [1.82, 2.24) is 19.7 Å². The molecule has 1 saturated heterocycles. The number of nitrogens with one attached hydrogen (secondary N) is 1. The molecule has 1 N–H and O–H groups in total. The molecule has 144 valence electrons. The van der Waals surface area contributed by atoms with Gasteiger partial charge in [0.2, 0.25) is 5.95 Å². The Morgan fingerprint density at radius 1 is 1.04 bits per heavy atom. The third-order valence-electron chi connectivity index (χ3n) is 4.81. The van der Waals surface area contributed by atoms with Crippen molar-refractivity contribution < 1.29 is 4.79 Å². The molecule has 3 aromatic rings. The van der Waals surface area contributed by atoms with Crippen molar-refractivity contribution in [2.24, 2.45) is 7.05 Å². The van der Waals surface area contributed by atoms with Gasteiger partial charge in [-0.15, -0.1) is 10.2 Å². The Morgan fingerprint density at radius 2 is 1.75 bits per heavy atom. The van der Waals surface area contributed by atoms with E-state index < -0.39 is 0 Å². The van der Waals surface area contributed by atoms with Crippen molar-refractivity contribution >= 4 is 29.3 Å². The molecule has 1 aliphatic rings. The van der Waals surface area contributed by atoms with Crippen LogP contribution in [0.15, 0.2) is 54.9 Å². The topological polar surface area (TPSA) is 66.3 Å². The quantitative estimate of drug-likeness (QED) is 0.736. The number of aryl methyl sites for hydroxylation is 1. The van der Waals surface area contributed by atoms with Gasteiger partial charge in [-0.2, -0.15) is 0 Å². The summed E-state index contributed by atoms with van der Waals surface area (Å²) in [6, 6.07) is 15.4. The first kappa shape index (κ1) is 18.3. The van der Waals surface area contributed by atoms with Crippen molar-refractivity contribution in [3.63, 3.8) is 0 Å². The fraction of sp³-hybridized carbons (Fsp3) is 0.250. The highest BCUT2D eigenvalue weighted by molar-refractivity contribution is 6.30. The third-order valence-corrected chi connectivity index (χ3v) is 5.04. The number of hydrogen-bond acceptors (Lipinski definition) is 4. The molecule has 7 nitrogen and oxygen atoms in total. The Labute approximate surface area is 168 Å². The average Bonchev–Trinajstić information content (AvgIpc) is 3.14. The van der Waals surface area contributed by atoms with Crippen molar-refractivity contribution in [2.75, 3.05) is 36.4 Å². The van der Waals surface area contributed by atoms with E-state index in [1.54, 1.807) is 6.33 Å². The van der Waals surface area contributed by atoms with E-state index in [1.807, 2.05) is 65.0 Å². The van der Waals surface area contributed by atoms with Crippen molar-refractivity contribution in [1.29, 1.82) is 0 Å². The van der Waals surface area contributed by atoms with E-state index >= 15 is 0 Å². The van der Waals surface area contributed by atoms with Crippen LogP contribution in [-0.2, 0) is 7.05 Å². The van der Waals surface area contributed by atoms with Crippen LogP contribution >= 0.6 is 11.6 Å². The SMILES string of the molecule is Cn1cnnc1N1CCN(C(=O)Nc2cccc(-c3cccc(Cl)c3)c2)CC1. The molecule has 28 heavy (non-hydrogen) atoms. The number of nitrogens with zero attached hydrogens (tertiary/aromatic N) is 5. The molecule has 2 aromatic carbocycles. The fourth-order valence-corrected chi connectivity index (χ4v) is 3.51. The first-order valence-corrected chi connectivity index (χ1v) is 9.49. The Bertz CT molecular complexity index is 980. The lowest BCUT2D eigenvalue weighted by atomic mass is 10.1. The van der Waals surface area contributed by atoms with Gasteiger partial charge in [0.15, 0.2) is 0 Å². The van der Waals surface area contributed by atoms with Crippen molar-refractivity contribution in [2.45, 2.75) is 0 Å². The number of carbonyl (C=O) groups is 1. The minimum absolute atomic E-state index is 0.0964. The van der Waals surface area contributed by atoms with Crippen LogP contribution < -0.4 is 10.2 Å². The van der Waals surface area contributed by atoms with E-state index in [9.17, 15) is 4.79 Å². The van der Waals surface area contributed by atoms with Crippen LogP contribution in [0.5, 0.6) is 0 Å². The van der Waals surface area contributed by atoms with Gasteiger partial charge in [0.25, 0.3) is 0 Å². The highest BCUT2D eigenvalue weighted by Gasteiger charge is 2.23. The summed E-state index contributed by atoms with van der Waals surface area (Å²) in [5.41, 5.74) is 2.78. The summed E-state index contributed by atoms with van der Waals surface area (Å²) in [5.74, 6) is 0.828. The molecule has 0 bridgehead atoms. The number of hydrogen-bond donors (Lipinski definition) is 1. The van der Waals surface area contributed by atoms with Gasteiger partial charge in [0.1, 0.15) is 6.33 Å². The van der Waals surface area contributed by atoms with E-state index in [0.717, 1.165) is 35.9 Å². The monoisotopic (exact) mass is 396 g/mol. The standard InChI is InChI=1S/C20H21ClN6O/c1-25-14-22-24-19(25)26-8-10-27(11-9-26)20(28)23-18-7-3-5-16(13-18)15-4-2-6-17(21)12-15/h2-7,12-14H,8-11H2,1H3,(H,23,28). The molecule has 0 radical (unpaired) electrons. The van der Waals surface area contributed by atoms with Gasteiger partial charge in [-0.1, -0.05) is 35.9 Å². The summed E-state index contributed by atoms with van der Waals surface area (Å²) in [7, 11) is 1.92. The van der Waals surface area contributed by atoms with Crippen LogP contribution in [0.1, 0.15) is 0 Å². The van der Waals surface area contributed by atoms with Gasteiger partial charge < -0.3 is 19.7 Å². The molecule has 0 aliphatic carbocycles. The molecule has 0 atom stereocenters. The van der Waals surface area contributed by atoms with E-state index in [0.29, 0.717) is 18.1 Å². The van der Waals surface area contributed by atoms with E-state index in [4.69, 9.17) is 11.6 Å². The lowest BCUT2D eigenvalue weighted by Gasteiger charge is -2.34. The fourth-order valence-electron chi connectivity index (χ4n) is 3.32. The maximum absolute atomic E-state index is 12.7. The number of piperazine rings is 1. The number of amides is 2. The van der Waals surface area contributed by atoms with Crippen LogP contribution in [0, 0.1) is 0 Å². The highest BCUT2D eigenvalue weighted by atomic mass is 35.5. The number of halogens is 1. The van der Waals surface area contributed by atoms with E-state index in [-0.39, 0.29) is 6.03 Å². The predicted molar refractivity (Wildman–Crippen MR) is 111 cm³/mol. The second-order valence-corrected chi connectivity index (χ2v) is 7.17. The molecule has 0 spiro atoms. The van der Waals surface area contributed by atoms with Crippen LogP contribution in [0.25, 0.3) is 11.1 Å². The number of rotatable bonds is 3. The average molecular weight is 397 g/mol. The predicted octanol–water partition coefficient (Wildman–Crippen LogP) is 3.49. The summed E-state index contributed by atoms with van der Waals surface area (Å²) in [6.45, 7) is 2.71. The van der Waals surface area contributed by atoms with Gasteiger partial charge in [0.05, 0.1) is 0 Å². The van der Waals surface area contributed by atoms with Gasteiger partial charge in [-0.25, -0.2) is 4.79 Å². The van der Waals surface area contributed by atoms with Crippen LogP contribution in [0.2, 0.25) is 5.02 Å². The second-order valence-electron chi connectivity index (χ2n) is 6.74. The second kappa shape index (κ2) is 7.90. The molecule has 2 amide bonds. The van der Waals surface area contributed by atoms with Crippen molar-refractivity contribution in [3.05, 3.63) is 59.9 Å². The molecule has 2 heterocycles. The number of anilines is 2. The Balaban J connectivity index is 1.39. The highest BCUT2D eigenvalue weighted by Crippen LogP contribution is 2.25. The molecular weight excluding hydrogens is 376 g/mol. The number of benzene rings is 2. The minimum Gasteiger partial charge on any atom is -0.337 e. The van der Waals surface area contributed by atoms with Crippen molar-refractivity contribution in [3.8, 4) is 11.1 Å². The molecule has 0 unspecified atom stereocenters. The molecular formula is C20H21ClN6O. The first-order valence-electron chi connectivity index (χ1n) is 9.11. The van der Waals surface area contributed by atoms with E-state index in [1.165, 1.54) is 0 Å². The lowest BCUT2D eigenvalue weighted by Crippen LogP contribution is -2.50. The largest absolute Gasteiger partial charge is 0.337 e. The van der Waals surface area contributed by atoms with Gasteiger partial charge in [-0.05, 0) is 35.4 Å². The number of aromatic nitrogens is 3. The number of urea groups is 1. The normalized spacial score (nSPS) is 14.2. The maximum atomic E-state index is 12.7. The maximum Gasteiger partial charge on any atom is 0.321 e. The molecule has 4 rings (SSSR count). The summed E-state index contributed by atoms with van der Waals surface area (Å²) >= 11 is 6.09. The molecule has 0 saturated carbocycles. The zero-order chi connectivity index (χ0) is 19.5. The zero-order valence-corrected chi connectivity index (χ0v) is 16.3. The summed E-state index contributed by atoms with van der Waals surface area (Å²) in [5, 5.41) is 11.7. The first-order chi connectivity index (χ1) is 13.6. The van der Waals surface area contributed by atoms with Crippen LogP contribution in [0.3, 0.4) is 0 Å². The molecule has 1 aromatic heterocycles. The molecule has 1 aliphatic heterocycles. The van der Waals surface area contributed by atoms with Gasteiger partial charge in [0, 0.05) is 43.9 Å². The lowest BCUT2D eigenvalue weighted by molar-refractivity contribution is 0.208. The molecule has 8 heteroatoms. The smallest absolute Gasteiger partial charge is 0.321 e. The third kappa shape index (κ3) is 3.94. The van der Waals surface area contributed by atoms with Crippen LogP contribution in [0.4, 0.5) is 16.4 Å². The summed E-state index contributed by atoms with van der Waals surface area (Å²) in [6.07, 6.45) is 1.68. The molecule has 1 fully saturated rings. The Hall–Kier alpha value is -3.06. The number of carbonyl (C=O) groups excluding carboxylic acids is 1. The van der Waals surface area contributed by atoms with Gasteiger partial charge in [-0.3, -0.25) is 0 Å². The summed E-state index contributed by atoms with van der Waals surface area (Å²) in [4.78, 5) is 16.6. The Kier molecular flexibility index (Phi) is 5.16. The van der Waals surface area contributed by atoms with Gasteiger partial charge >= 0.3 is 6.03 Å². The Morgan fingerprint density at radius 3 is 2.43 bits per heavy atom. The van der Waals surface area contributed by atoms with E-state index in [2.05, 4.69) is 20.4 Å².